The maximum Gasteiger partial charge on any atom is 0.370 e. The van der Waals surface area contributed by atoms with E-state index < -0.39 is 0 Å². The van der Waals surface area contributed by atoms with Crippen LogP contribution in [-0.2, 0) is 0 Å². The minimum absolute atomic E-state index is 0.773. The molecule has 0 atom stereocenters. The van der Waals surface area contributed by atoms with Gasteiger partial charge in [0.1, 0.15) is 0 Å². The third-order valence-electron chi connectivity index (χ3n) is 2.39. The minimum Gasteiger partial charge on any atom is -0.251 e. The Morgan fingerprint density at radius 1 is 0.933 bits per heavy atom. The summed E-state index contributed by atoms with van der Waals surface area (Å²) in [5, 5.41) is 0. The Hall–Kier alpha value is -2.18. The van der Waals surface area contributed by atoms with Crippen molar-refractivity contribution in [2.75, 3.05) is 0 Å². The van der Waals surface area contributed by atoms with Crippen LogP contribution in [0, 0.1) is 0 Å². The van der Waals surface area contributed by atoms with Crippen molar-refractivity contribution < 1.29 is 4.74 Å². The van der Waals surface area contributed by atoms with E-state index in [1.807, 2.05) is 36.4 Å². The first kappa shape index (κ1) is 8.16. The molecule has 0 amide bonds. The van der Waals surface area contributed by atoms with Crippen molar-refractivity contribution in [3.8, 4) is 16.9 Å². The van der Waals surface area contributed by atoms with Crippen LogP contribution in [0.2, 0.25) is 0 Å². The number of hydrogen-bond donors (Lipinski definition) is 0. The zero-order valence-corrected chi connectivity index (χ0v) is 7.97. The third kappa shape index (κ3) is 1.37. The van der Waals surface area contributed by atoms with Crippen molar-refractivity contribution in [3.05, 3.63) is 48.5 Å². The van der Waals surface area contributed by atoms with Gasteiger partial charge in [-0.15, -0.1) is 0 Å². The second-order valence-corrected chi connectivity index (χ2v) is 3.35. The highest BCUT2D eigenvalue weighted by Crippen LogP contribution is 2.34. The van der Waals surface area contributed by atoms with E-state index in [0.717, 1.165) is 17.0 Å². The molecule has 0 radical (unpaired) electrons. The van der Waals surface area contributed by atoms with E-state index in [1.54, 1.807) is 0 Å². The number of nitrogens with zero attached hydrogens (tertiary/aromatic N) is 1. The zero-order chi connectivity index (χ0) is 10.1. The van der Waals surface area contributed by atoms with Crippen molar-refractivity contribution in [2.24, 2.45) is 4.99 Å². The summed E-state index contributed by atoms with van der Waals surface area (Å²) in [4.78, 5) is 4.01. The lowest BCUT2D eigenvalue weighted by Crippen LogP contribution is -1.81. The quantitative estimate of drug-likeness (QED) is 0.638. The van der Waals surface area contributed by atoms with Gasteiger partial charge < -0.3 is 0 Å². The van der Waals surface area contributed by atoms with E-state index in [0.29, 0.717) is 0 Å². The molecule has 1 heterocycles. The van der Waals surface area contributed by atoms with E-state index >= 15 is 0 Å². The van der Waals surface area contributed by atoms with E-state index in [9.17, 15) is 0 Å². The Morgan fingerprint density at radius 3 is 2.67 bits per heavy atom. The van der Waals surface area contributed by atoms with Crippen LogP contribution in [0.1, 0.15) is 0 Å². The van der Waals surface area contributed by atoms with Crippen LogP contribution < -0.4 is 4.74 Å². The molecule has 0 saturated carbocycles. The molecule has 0 saturated heterocycles. The molecule has 0 spiro atoms. The highest BCUT2D eigenvalue weighted by Gasteiger charge is 2.21. The predicted octanol–water partition coefficient (Wildman–Crippen LogP) is 3.28. The fraction of sp³-hybridized carbons (Fsp3) is 0. The normalized spacial score (nSPS) is 11.7. The number of benzene rings is 2. The monoisotopic (exact) mass is 194 g/mol. The van der Waals surface area contributed by atoms with E-state index in [-0.39, 0.29) is 0 Å². The predicted molar refractivity (Wildman–Crippen MR) is 59.6 cm³/mol. The average Bonchev–Trinajstić information content (AvgIpc) is 2.77. The van der Waals surface area contributed by atoms with Gasteiger partial charge in [0.25, 0.3) is 5.69 Å². The molecule has 3 rings (SSSR count). The first-order valence-electron chi connectivity index (χ1n) is 4.75. The van der Waals surface area contributed by atoms with E-state index in [1.165, 1.54) is 5.56 Å². The van der Waals surface area contributed by atoms with Gasteiger partial charge in [-0.3, -0.25) is 4.74 Å². The van der Waals surface area contributed by atoms with Gasteiger partial charge in [0.2, 0.25) is 0 Å². The molecular formula is C13H8NO+. The fourth-order valence-corrected chi connectivity index (χ4v) is 1.62. The lowest BCUT2D eigenvalue weighted by atomic mass is 10.1. The highest BCUT2D eigenvalue weighted by molar-refractivity contribution is 5.77. The van der Waals surface area contributed by atoms with Crippen LogP contribution >= 0.6 is 0 Å². The van der Waals surface area contributed by atoms with Crippen molar-refractivity contribution >= 4 is 12.1 Å². The Labute approximate surface area is 87.9 Å². The molecule has 70 valence electrons. The molecule has 0 aromatic heterocycles. The van der Waals surface area contributed by atoms with Gasteiger partial charge in [-0.1, -0.05) is 30.3 Å². The van der Waals surface area contributed by atoms with Crippen LogP contribution in [0.3, 0.4) is 0 Å². The Kier molecular flexibility index (Phi) is 1.74. The highest BCUT2D eigenvalue weighted by atomic mass is 16.5. The van der Waals surface area contributed by atoms with Gasteiger partial charge in [0.15, 0.2) is 0 Å². The largest absolute Gasteiger partial charge is 0.370 e. The maximum atomic E-state index is 5.07. The molecule has 2 aromatic carbocycles. The summed E-state index contributed by atoms with van der Waals surface area (Å²) in [6, 6.07) is 16.1. The van der Waals surface area contributed by atoms with Crippen molar-refractivity contribution in [1.29, 1.82) is 0 Å². The van der Waals surface area contributed by atoms with Crippen LogP contribution in [-0.4, -0.2) is 6.40 Å². The van der Waals surface area contributed by atoms with Crippen LogP contribution in [0.4, 0.5) is 5.69 Å². The van der Waals surface area contributed by atoms with Crippen molar-refractivity contribution in [3.63, 3.8) is 0 Å². The topological polar surface area (TPSA) is 21.6 Å². The molecule has 2 nitrogen and oxygen atoms in total. The number of fused-ring (bicyclic) bond motifs is 1. The minimum atomic E-state index is 0.773. The van der Waals surface area contributed by atoms with Crippen molar-refractivity contribution in [1.82, 2.24) is 0 Å². The molecule has 2 heteroatoms. The number of rotatable bonds is 1. The average molecular weight is 194 g/mol. The Bertz CT molecular complexity index is 517. The SMILES string of the molecule is [C+]1=Nc2cc(-c3ccccc3)ccc2O1. The Morgan fingerprint density at radius 2 is 1.80 bits per heavy atom. The van der Waals surface area contributed by atoms with Gasteiger partial charge in [0.05, 0.1) is 6.07 Å². The smallest absolute Gasteiger partial charge is 0.251 e. The lowest BCUT2D eigenvalue weighted by Gasteiger charge is -1.98. The second kappa shape index (κ2) is 3.19. The Balaban J connectivity index is 2.11. The van der Waals surface area contributed by atoms with Gasteiger partial charge in [-0.05, 0) is 22.2 Å². The van der Waals surface area contributed by atoms with Crippen LogP contribution in [0.25, 0.3) is 11.1 Å². The first-order valence-corrected chi connectivity index (χ1v) is 4.75. The summed E-state index contributed by atoms with van der Waals surface area (Å²) >= 11 is 0. The molecule has 0 fully saturated rings. The standard InChI is InChI=1S/C13H8NO/c1-2-4-10(5-3-1)11-6-7-13-12(8-11)14-9-15-13/h1-8H/q+1. The number of aliphatic imine (C=N–C) groups is 1. The molecule has 15 heavy (non-hydrogen) atoms. The molecule has 0 aliphatic carbocycles. The zero-order valence-electron chi connectivity index (χ0n) is 7.97. The number of hydrogen-bond acceptors (Lipinski definition) is 2. The fourth-order valence-electron chi connectivity index (χ4n) is 1.62. The maximum absolute atomic E-state index is 5.07. The second-order valence-electron chi connectivity index (χ2n) is 3.35. The van der Waals surface area contributed by atoms with Crippen LogP contribution in [0.15, 0.2) is 53.5 Å². The summed E-state index contributed by atoms with van der Waals surface area (Å²) < 4.78 is 5.07. The van der Waals surface area contributed by atoms with Gasteiger partial charge in [0, 0.05) is 6.07 Å². The molecule has 1 aliphatic heterocycles. The third-order valence-corrected chi connectivity index (χ3v) is 2.39. The summed E-state index contributed by atoms with van der Waals surface area (Å²) in [5.41, 5.74) is 3.17. The summed E-state index contributed by atoms with van der Waals surface area (Å²) in [6.45, 7) is 0. The molecule has 0 unspecified atom stereocenters. The van der Waals surface area contributed by atoms with Gasteiger partial charge in [-0.2, -0.15) is 0 Å². The van der Waals surface area contributed by atoms with E-state index in [2.05, 4.69) is 23.5 Å². The van der Waals surface area contributed by atoms with E-state index in [4.69, 9.17) is 4.74 Å². The molecule has 0 N–H and O–H groups in total. The summed E-state index contributed by atoms with van der Waals surface area (Å²) in [7, 11) is 0. The van der Waals surface area contributed by atoms with Gasteiger partial charge in [-0.25, -0.2) is 0 Å². The van der Waals surface area contributed by atoms with Crippen LogP contribution in [0.5, 0.6) is 5.75 Å². The van der Waals surface area contributed by atoms with Gasteiger partial charge >= 0.3 is 12.2 Å². The molecule has 1 aliphatic rings. The first-order chi connectivity index (χ1) is 7.43. The lowest BCUT2D eigenvalue weighted by molar-refractivity contribution is 0.593. The summed E-state index contributed by atoms with van der Waals surface area (Å²) in [5.74, 6) is 0.773. The molecule has 0 bridgehead atoms. The summed E-state index contributed by atoms with van der Waals surface area (Å²) in [6.07, 6.45) is 2.49. The molecule has 2 aromatic rings. The van der Waals surface area contributed by atoms with Crippen molar-refractivity contribution in [2.45, 2.75) is 0 Å². The molecular weight excluding hydrogens is 186 g/mol. The number of ether oxygens (including phenoxy) is 1.